The highest BCUT2D eigenvalue weighted by Gasteiger charge is 2.14. The molecule has 22 heavy (non-hydrogen) atoms. The molecule has 3 heteroatoms. The first-order valence-electron chi connectivity index (χ1n) is 8.33. The van der Waals surface area contributed by atoms with Crippen molar-refractivity contribution in [1.82, 2.24) is 4.90 Å². The molecule has 0 fully saturated rings. The first-order chi connectivity index (χ1) is 10.3. The zero-order valence-electron chi connectivity index (χ0n) is 14.7. The normalized spacial score (nSPS) is 12.9. The Labute approximate surface area is 135 Å². The van der Waals surface area contributed by atoms with Crippen LogP contribution >= 0.6 is 0 Å². The van der Waals surface area contributed by atoms with Gasteiger partial charge < -0.3 is 10.0 Å². The van der Waals surface area contributed by atoms with Crippen molar-refractivity contribution in [2.24, 2.45) is 5.92 Å². The lowest BCUT2D eigenvalue weighted by molar-refractivity contribution is 0.0695. The summed E-state index contributed by atoms with van der Waals surface area (Å²) in [6, 6.07) is 6.28. The summed E-state index contributed by atoms with van der Waals surface area (Å²) in [6.07, 6.45) is 5.09. The van der Waals surface area contributed by atoms with E-state index in [0.717, 1.165) is 37.7 Å². The highest BCUT2D eigenvalue weighted by Crippen LogP contribution is 2.21. The Morgan fingerprint density at radius 3 is 2.36 bits per heavy atom. The minimum Gasteiger partial charge on any atom is -0.478 e. The standard InChI is InChI=1S/C19H31NO2/c1-14(2)12-13-17-16(9-6-8-15(3)20(4)5)10-7-11-18(17)19(21)22/h7,10-11,14-15H,6,8-9,12-13H2,1-5H3,(H,21,22). The minimum absolute atomic E-state index is 0.485. The molecule has 1 rings (SSSR count). The van der Waals surface area contributed by atoms with E-state index < -0.39 is 5.97 Å². The van der Waals surface area contributed by atoms with Crippen molar-refractivity contribution < 1.29 is 9.90 Å². The third kappa shape index (κ3) is 5.80. The molecule has 1 aromatic carbocycles. The van der Waals surface area contributed by atoms with E-state index in [-0.39, 0.29) is 0 Å². The molecule has 0 amide bonds. The van der Waals surface area contributed by atoms with Gasteiger partial charge in [-0.05, 0) is 76.2 Å². The maximum atomic E-state index is 11.5. The van der Waals surface area contributed by atoms with Crippen LogP contribution in [-0.2, 0) is 12.8 Å². The Kier molecular flexibility index (Phi) is 7.60. The van der Waals surface area contributed by atoms with Crippen LogP contribution in [0.4, 0.5) is 0 Å². The predicted octanol–water partition coefficient (Wildman–Crippen LogP) is 4.25. The molecule has 0 bridgehead atoms. The number of aromatic carboxylic acids is 1. The lowest BCUT2D eigenvalue weighted by Crippen LogP contribution is -2.24. The van der Waals surface area contributed by atoms with Crippen LogP contribution in [0.25, 0.3) is 0 Å². The fraction of sp³-hybridized carbons (Fsp3) is 0.632. The van der Waals surface area contributed by atoms with E-state index in [4.69, 9.17) is 0 Å². The van der Waals surface area contributed by atoms with E-state index in [2.05, 4.69) is 45.8 Å². The maximum absolute atomic E-state index is 11.5. The first kappa shape index (κ1) is 18.7. The third-order valence-corrected chi connectivity index (χ3v) is 4.42. The van der Waals surface area contributed by atoms with E-state index >= 15 is 0 Å². The van der Waals surface area contributed by atoms with Gasteiger partial charge in [0.25, 0.3) is 0 Å². The van der Waals surface area contributed by atoms with Crippen molar-refractivity contribution >= 4 is 5.97 Å². The molecule has 1 unspecified atom stereocenters. The molecule has 0 heterocycles. The van der Waals surface area contributed by atoms with Gasteiger partial charge in [-0.1, -0.05) is 26.0 Å². The molecule has 0 aromatic heterocycles. The van der Waals surface area contributed by atoms with E-state index in [1.54, 1.807) is 6.07 Å². The molecule has 0 aliphatic rings. The van der Waals surface area contributed by atoms with Crippen LogP contribution in [0.15, 0.2) is 18.2 Å². The molecule has 0 radical (unpaired) electrons. The number of carbonyl (C=O) groups is 1. The minimum atomic E-state index is -0.803. The predicted molar refractivity (Wildman–Crippen MR) is 92.6 cm³/mol. The molecule has 0 aliphatic carbocycles. The molecular weight excluding hydrogens is 274 g/mol. The monoisotopic (exact) mass is 305 g/mol. The van der Waals surface area contributed by atoms with Crippen LogP contribution in [0.1, 0.15) is 61.5 Å². The molecule has 0 saturated carbocycles. The lowest BCUT2D eigenvalue weighted by Gasteiger charge is -2.20. The van der Waals surface area contributed by atoms with Crippen molar-refractivity contribution in [3.63, 3.8) is 0 Å². The van der Waals surface area contributed by atoms with Crippen molar-refractivity contribution in [3.8, 4) is 0 Å². The zero-order valence-corrected chi connectivity index (χ0v) is 14.7. The SMILES string of the molecule is CC(C)CCc1c(CCCC(C)N(C)C)cccc1C(=O)O. The van der Waals surface area contributed by atoms with E-state index in [1.807, 2.05) is 6.07 Å². The second-order valence-corrected chi connectivity index (χ2v) is 6.89. The molecule has 124 valence electrons. The van der Waals surface area contributed by atoms with Gasteiger partial charge in [0.05, 0.1) is 5.56 Å². The van der Waals surface area contributed by atoms with Gasteiger partial charge in [-0.15, -0.1) is 0 Å². The van der Waals surface area contributed by atoms with Gasteiger partial charge >= 0.3 is 5.97 Å². The Bertz CT molecular complexity index is 480. The second kappa shape index (κ2) is 8.94. The fourth-order valence-electron chi connectivity index (χ4n) is 2.64. The van der Waals surface area contributed by atoms with Crippen LogP contribution in [0.3, 0.4) is 0 Å². The number of hydrogen-bond acceptors (Lipinski definition) is 2. The van der Waals surface area contributed by atoms with Crippen molar-refractivity contribution in [1.29, 1.82) is 0 Å². The summed E-state index contributed by atoms with van der Waals surface area (Å²) >= 11 is 0. The summed E-state index contributed by atoms with van der Waals surface area (Å²) in [5, 5.41) is 9.44. The fourth-order valence-corrected chi connectivity index (χ4v) is 2.64. The second-order valence-electron chi connectivity index (χ2n) is 6.89. The molecular formula is C19H31NO2. The van der Waals surface area contributed by atoms with Gasteiger partial charge in [-0.25, -0.2) is 4.79 Å². The van der Waals surface area contributed by atoms with E-state index in [9.17, 15) is 9.90 Å². The number of carboxylic acids is 1. The summed E-state index contributed by atoms with van der Waals surface area (Å²) in [4.78, 5) is 13.7. The number of aryl methyl sites for hydroxylation is 1. The van der Waals surface area contributed by atoms with Crippen molar-refractivity contribution in [2.75, 3.05) is 14.1 Å². The van der Waals surface area contributed by atoms with Gasteiger partial charge in [0.15, 0.2) is 0 Å². The maximum Gasteiger partial charge on any atom is 0.335 e. The number of carboxylic acid groups (broad SMARTS) is 1. The van der Waals surface area contributed by atoms with Crippen LogP contribution in [0.5, 0.6) is 0 Å². The van der Waals surface area contributed by atoms with Crippen LogP contribution in [-0.4, -0.2) is 36.1 Å². The Morgan fingerprint density at radius 2 is 1.82 bits per heavy atom. The molecule has 1 aromatic rings. The largest absolute Gasteiger partial charge is 0.478 e. The van der Waals surface area contributed by atoms with Crippen LogP contribution in [0, 0.1) is 5.92 Å². The number of hydrogen-bond donors (Lipinski definition) is 1. The van der Waals surface area contributed by atoms with Crippen molar-refractivity contribution in [2.45, 2.75) is 58.9 Å². The van der Waals surface area contributed by atoms with Crippen molar-refractivity contribution in [3.05, 3.63) is 34.9 Å². The van der Waals surface area contributed by atoms with Crippen LogP contribution in [0.2, 0.25) is 0 Å². The van der Waals surface area contributed by atoms with E-state index in [1.165, 1.54) is 5.56 Å². The first-order valence-corrected chi connectivity index (χ1v) is 8.33. The molecule has 3 nitrogen and oxygen atoms in total. The number of benzene rings is 1. The summed E-state index contributed by atoms with van der Waals surface area (Å²) in [5.74, 6) is -0.217. The van der Waals surface area contributed by atoms with Crippen LogP contribution < -0.4 is 0 Å². The lowest BCUT2D eigenvalue weighted by atomic mass is 9.91. The summed E-state index contributed by atoms with van der Waals surface area (Å²) in [5.41, 5.74) is 2.74. The van der Waals surface area contributed by atoms with E-state index in [0.29, 0.717) is 17.5 Å². The Balaban J connectivity index is 2.83. The quantitative estimate of drug-likeness (QED) is 0.741. The summed E-state index contributed by atoms with van der Waals surface area (Å²) in [7, 11) is 4.20. The molecule has 0 saturated heterocycles. The van der Waals surface area contributed by atoms with Gasteiger partial charge in [0.2, 0.25) is 0 Å². The number of rotatable bonds is 9. The molecule has 1 atom stereocenters. The molecule has 1 N–H and O–H groups in total. The topological polar surface area (TPSA) is 40.5 Å². The average Bonchev–Trinajstić information content (AvgIpc) is 2.44. The molecule has 0 aliphatic heterocycles. The number of nitrogens with zero attached hydrogens (tertiary/aromatic N) is 1. The smallest absolute Gasteiger partial charge is 0.335 e. The van der Waals surface area contributed by atoms with Gasteiger partial charge in [0.1, 0.15) is 0 Å². The van der Waals surface area contributed by atoms with Gasteiger partial charge in [0, 0.05) is 6.04 Å². The highest BCUT2D eigenvalue weighted by molar-refractivity contribution is 5.89. The summed E-state index contributed by atoms with van der Waals surface area (Å²) in [6.45, 7) is 6.59. The zero-order chi connectivity index (χ0) is 16.7. The third-order valence-electron chi connectivity index (χ3n) is 4.42. The summed E-state index contributed by atoms with van der Waals surface area (Å²) < 4.78 is 0. The van der Waals surface area contributed by atoms with Gasteiger partial charge in [-0.3, -0.25) is 0 Å². The highest BCUT2D eigenvalue weighted by atomic mass is 16.4. The Hall–Kier alpha value is -1.35. The molecule has 0 spiro atoms. The average molecular weight is 305 g/mol. The Morgan fingerprint density at radius 1 is 1.14 bits per heavy atom. The van der Waals surface area contributed by atoms with Gasteiger partial charge in [-0.2, -0.15) is 0 Å².